The Morgan fingerprint density at radius 1 is 1.28 bits per heavy atom. The number of carbonyl (C=O) groups is 1. The van der Waals surface area contributed by atoms with Crippen LogP contribution in [0.2, 0.25) is 0 Å². The lowest BCUT2D eigenvalue weighted by Gasteiger charge is -2.25. The monoisotopic (exact) mass is 416 g/mol. The molecule has 2 heterocycles. The van der Waals surface area contributed by atoms with Crippen molar-refractivity contribution in [2.45, 2.75) is 32.9 Å². The van der Waals surface area contributed by atoms with Gasteiger partial charge >= 0.3 is 0 Å². The maximum absolute atomic E-state index is 13.2. The van der Waals surface area contributed by atoms with E-state index in [1.165, 1.54) is 34.4 Å². The summed E-state index contributed by atoms with van der Waals surface area (Å²) in [4.78, 5) is 33.2. The maximum atomic E-state index is 13.2. The lowest BCUT2D eigenvalue weighted by Crippen LogP contribution is -2.35. The Hall–Kier alpha value is -2.58. The first kappa shape index (κ1) is 21.1. The van der Waals surface area contributed by atoms with Crippen molar-refractivity contribution in [3.05, 3.63) is 62.8 Å². The zero-order valence-electron chi connectivity index (χ0n) is 17.0. The Labute approximate surface area is 173 Å². The van der Waals surface area contributed by atoms with Gasteiger partial charge in [-0.05, 0) is 51.2 Å². The molecule has 1 N–H and O–H groups in total. The van der Waals surface area contributed by atoms with Gasteiger partial charge in [-0.15, -0.1) is 11.3 Å². The van der Waals surface area contributed by atoms with Crippen molar-refractivity contribution in [1.29, 1.82) is 0 Å². The average Bonchev–Trinajstić information content (AvgIpc) is 2.97. The molecule has 0 bridgehead atoms. The number of likely N-dealkylation sites (N-methyl/N-ethyl adjacent to an activating group) is 1. The molecule has 0 aliphatic heterocycles. The van der Waals surface area contributed by atoms with Crippen molar-refractivity contribution in [2.75, 3.05) is 20.6 Å². The van der Waals surface area contributed by atoms with E-state index in [1.54, 1.807) is 12.1 Å². The standard InChI is InChI=1S/C21H25FN4O2S/c1-13-14(2)29-20-19(13)21(28)26(12-24-20)10-9-18(27)23-11-17(25(3)4)15-5-7-16(22)8-6-15/h5-8,12,17H,9-11H2,1-4H3,(H,23,27). The van der Waals surface area contributed by atoms with Crippen LogP contribution in [0.3, 0.4) is 0 Å². The van der Waals surface area contributed by atoms with Gasteiger partial charge in [-0.1, -0.05) is 12.1 Å². The van der Waals surface area contributed by atoms with Crippen LogP contribution in [-0.2, 0) is 11.3 Å². The number of nitrogens with one attached hydrogen (secondary N) is 1. The van der Waals surface area contributed by atoms with E-state index in [-0.39, 0.29) is 36.3 Å². The van der Waals surface area contributed by atoms with Crippen LogP contribution in [0, 0.1) is 19.7 Å². The van der Waals surface area contributed by atoms with Gasteiger partial charge in [0.15, 0.2) is 0 Å². The zero-order valence-corrected chi connectivity index (χ0v) is 17.8. The molecule has 0 aliphatic rings. The van der Waals surface area contributed by atoms with Gasteiger partial charge < -0.3 is 10.2 Å². The molecule has 8 heteroatoms. The van der Waals surface area contributed by atoms with E-state index in [1.807, 2.05) is 32.8 Å². The number of benzene rings is 1. The Bertz CT molecular complexity index is 1070. The number of aryl methyl sites for hydroxylation is 3. The van der Waals surface area contributed by atoms with Crippen molar-refractivity contribution in [2.24, 2.45) is 0 Å². The van der Waals surface area contributed by atoms with Gasteiger partial charge in [0.2, 0.25) is 5.91 Å². The molecule has 0 fully saturated rings. The number of rotatable bonds is 7. The predicted molar refractivity (Wildman–Crippen MR) is 114 cm³/mol. The molecule has 3 aromatic rings. The van der Waals surface area contributed by atoms with E-state index in [0.717, 1.165) is 20.8 Å². The second-order valence-electron chi connectivity index (χ2n) is 7.29. The number of carbonyl (C=O) groups excluding carboxylic acids is 1. The normalized spacial score (nSPS) is 12.5. The van der Waals surface area contributed by atoms with E-state index in [2.05, 4.69) is 10.3 Å². The van der Waals surface area contributed by atoms with Gasteiger partial charge in [0.05, 0.1) is 17.8 Å². The summed E-state index contributed by atoms with van der Waals surface area (Å²) in [6, 6.07) is 6.20. The Kier molecular flexibility index (Phi) is 6.44. The number of nitrogens with zero attached hydrogens (tertiary/aromatic N) is 3. The predicted octanol–water partition coefficient (Wildman–Crippen LogP) is 3.02. The molecule has 29 heavy (non-hydrogen) atoms. The summed E-state index contributed by atoms with van der Waals surface area (Å²) in [6.45, 7) is 4.56. The summed E-state index contributed by atoms with van der Waals surface area (Å²) in [5.74, 6) is -0.438. The molecule has 0 spiro atoms. The highest BCUT2D eigenvalue weighted by Gasteiger charge is 2.16. The van der Waals surface area contributed by atoms with E-state index in [4.69, 9.17) is 0 Å². The van der Waals surface area contributed by atoms with Crippen molar-refractivity contribution in [3.63, 3.8) is 0 Å². The average molecular weight is 417 g/mol. The van der Waals surface area contributed by atoms with Crippen LogP contribution in [0.25, 0.3) is 10.2 Å². The summed E-state index contributed by atoms with van der Waals surface area (Å²) in [5, 5.41) is 3.55. The van der Waals surface area contributed by atoms with Crippen LogP contribution in [0.5, 0.6) is 0 Å². The molecule has 1 atom stereocenters. The first-order chi connectivity index (χ1) is 13.8. The molecule has 0 saturated carbocycles. The number of fused-ring (bicyclic) bond motifs is 1. The summed E-state index contributed by atoms with van der Waals surface area (Å²) >= 11 is 1.51. The number of aromatic nitrogens is 2. The van der Waals surface area contributed by atoms with Crippen LogP contribution in [0.1, 0.15) is 28.5 Å². The number of thiophene rings is 1. The smallest absolute Gasteiger partial charge is 0.262 e. The first-order valence-corrected chi connectivity index (χ1v) is 10.2. The van der Waals surface area contributed by atoms with Gasteiger partial charge in [0.1, 0.15) is 10.6 Å². The molecule has 0 radical (unpaired) electrons. The van der Waals surface area contributed by atoms with E-state index >= 15 is 0 Å². The summed E-state index contributed by atoms with van der Waals surface area (Å²) in [6.07, 6.45) is 1.69. The molecule has 154 valence electrons. The largest absolute Gasteiger partial charge is 0.354 e. The van der Waals surface area contributed by atoms with Crippen molar-refractivity contribution in [1.82, 2.24) is 19.8 Å². The highest BCUT2D eigenvalue weighted by molar-refractivity contribution is 7.18. The Balaban J connectivity index is 1.63. The van der Waals surface area contributed by atoms with Gasteiger partial charge in [-0.2, -0.15) is 0 Å². The van der Waals surface area contributed by atoms with Crippen LogP contribution in [0.15, 0.2) is 35.4 Å². The number of hydrogen-bond donors (Lipinski definition) is 1. The third kappa shape index (κ3) is 4.71. The lowest BCUT2D eigenvalue weighted by atomic mass is 10.1. The Morgan fingerprint density at radius 2 is 1.97 bits per heavy atom. The first-order valence-electron chi connectivity index (χ1n) is 9.41. The molecule has 3 rings (SSSR count). The van der Waals surface area contributed by atoms with Gasteiger partial charge in [-0.25, -0.2) is 9.37 Å². The minimum atomic E-state index is -0.289. The molecule has 1 amide bonds. The second kappa shape index (κ2) is 8.84. The summed E-state index contributed by atoms with van der Waals surface area (Å²) < 4.78 is 14.7. The minimum Gasteiger partial charge on any atom is -0.354 e. The van der Waals surface area contributed by atoms with E-state index < -0.39 is 0 Å². The molecule has 1 unspecified atom stereocenters. The molecule has 0 aliphatic carbocycles. The maximum Gasteiger partial charge on any atom is 0.262 e. The van der Waals surface area contributed by atoms with Gasteiger partial charge in [0.25, 0.3) is 5.56 Å². The van der Waals surface area contributed by atoms with Crippen molar-refractivity contribution < 1.29 is 9.18 Å². The number of amides is 1. The summed E-state index contributed by atoms with van der Waals surface area (Å²) in [5.41, 5.74) is 1.77. The lowest BCUT2D eigenvalue weighted by molar-refractivity contribution is -0.121. The molecular formula is C21H25FN4O2S. The zero-order chi connectivity index (χ0) is 21.1. The van der Waals surface area contributed by atoms with Crippen molar-refractivity contribution >= 4 is 27.5 Å². The minimum absolute atomic E-state index is 0.0725. The summed E-state index contributed by atoms with van der Waals surface area (Å²) in [7, 11) is 3.82. The topological polar surface area (TPSA) is 67.2 Å². The van der Waals surface area contributed by atoms with Crippen LogP contribution in [0.4, 0.5) is 4.39 Å². The highest BCUT2D eigenvalue weighted by Crippen LogP contribution is 2.25. The second-order valence-corrected chi connectivity index (χ2v) is 8.49. The van der Waals surface area contributed by atoms with Crippen molar-refractivity contribution in [3.8, 4) is 0 Å². The van der Waals surface area contributed by atoms with Gasteiger partial charge in [0, 0.05) is 24.4 Å². The van der Waals surface area contributed by atoms with Gasteiger partial charge in [-0.3, -0.25) is 14.2 Å². The van der Waals surface area contributed by atoms with Crippen LogP contribution < -0.4 is 10.9 Å². The number of halogens is 1. The molecule has 1 aromatic carbocycles. The third-order valence-corrected chi connectivity index (χ3v) is 6.22. The quantitative estimate of drug-likeness (QED) is 0.643. The fourth-order valence-corrected chi connectivity index (χ4v) is 4.22. The molecular weight excluding hydrogens is 391 g/mol. The van der Waals surface area contributed by atoms with Crippen LogP contribution >= 0.6 is 11.3 Å². The fraction of sp³-hybridized carbons (Fsp3) is 0.381. The third-order valence-electron chi connectivity index (χ3n) is 5.11. The van der Waals surface area contributed by atoms with Crippen LogP contribution in [-0.4, -0.2) is 41.0 Å². The fourth-order valence-electron chi connectivity index (χ4n) is 3.23. The van der Waals surface area contributed by atoms with E-state index in [0.29, 0.717) is 11.9 Å². The SMILES string of the molecule is Cc1sc2ncn(CCC(=O)NCC(c3ccc(F)cc3)N(C)C)c(=O)c2c1C. The number of hydrogen-bond acceptors (Lipinski definition) is 5. The highest BCUT2D eigenvalue weighted by atomic mass is 32.1. The Morgan fingerprint density at radius 3 is 2.62 bits per heavy atom. The molecule has 6 nitrogen and oxygen atoms in total. The molecule has 0 saturated heterocycles. The van der Waals surface area contributed by atoms with E-state index in [9.17, 15) is 14.0 Å². The molecule has 2 aromatic heterocycles.